The van der Waals surface area contributed by atoms with Crippen LogP contribution in [0.2, 0.25) is 0 Å². The SMILES string of the molecule is COCCCOc1cc2c(nc1OC)-c1[nH]c(=O)c(C(=O)O)c(O)c1C(C(C)(C)C)CO2. The highest BCUT2D eigenvalue weighted by Gasteiger charge is 2.38. The van der Waals surface area contributed by atoms with Crippen molar-refractivity contribution in [2.75, 3.05) is 34.0 Å². The highest BCUT2D eigenvalue weighted by molar-refractivity contribution is 5.92. The van der Waals surface area contributed by atoms with Crippen LogP contribution in [0.1, 0.15) is 49.0 Å². The average molecular weight is 448 g/mol. The lowest BCUT2D eigenvalue weighted by Crippen LogP contribution is -2.27. The van der Waals surface area contributed by atoms with Gasteiger partial charge < -0.3 is 34.1 Å². The Hall–Kier alpha value is -3.27. The van der Waals surface area contributed by atoms with E-state index in [-0.39, 0.29) is 29.4 Å². The number of aromatic carboxylic acids is 1. The van der Waals surface area contributed by atoms with Crippen molar-refractivity contribution < 1.29 is 34.0 Å². The average Bonchev–Trinajstić information content (AvgIpc) is 2.87. The van der Waals surface area contributed by atoms with Gasteiger partial charge in [0.1, 0.15) is 11.4 Å². The number of carboxylic acids is 1. The molecule has 0 amide bonds. The minimum atomic E-state index is -1.52. The molecule has 1 aliphatic rings. The Labute approximate surface area is 185 Å². The van der Waals surface area contributed by atoms with Crippen molar-refractivity contribution in [3.05, 3.63) is 27.5 Å². The number of fused-ring (bicyclic) bond motifs is 3. The summed E-state index contributed by atoms with van der Waals surface area (Å²) in [5, 5.41) is 20.3. The second-order valence-electron chi connectivity index (χ2n) is 8.54. The zero-order valence-corrected chi connectivity index (χ0v) is 18.8. The van der Waals surface area contributed by atoms with E-state index in [9.17, 15) is 19.8 Å². The molecule has 1 unspecified atom stereocenters. The highest BCUT2D eigenvalue weighted by atomic mass is 16.5. The van der Waals surface area contributed by atoms with Crippen LogP contribution in [0.25, 0.3) is 11.4 Å². The van der Waals surface area contributed by atoms with Crippen LogP contribution < -0.4 is 19.8 Å². The van der Waals surface area contributed by atoms with Crippen molar-refractivity contribution in [3.63, 3.8) is 0 Å². The molecule has 174 valence electrons. The number of carboxylic acid groups (broad SMARTS) is 1. The lowest BCUT2D eigenvalue weighted by atomic mass is 9.75. The van der Waals surface area contributed by atoms with E-state index in [1.807, 2.05) is 20.8 Å². The van der Waals surface area contributed by atoms with E-state index in [0.29, 0.717) is 31.1 Å². The number of H-pyrrole nitrogens is 1. The summed E-state index contributed by atoms with van der Waals surface area (Å²) in [6, 6.07) is 1.61. The second kappa shape index (κ2) is 9.07. The molecule has 0 saturated heterocycles. The number of hydrogen-bond donors (Lipinski definition) is 3. The molecule has 0 aliphatic carbocycles. The number of nitrogens with zero attached hydrogens (tertiary/aromatic N) is 1. The predicted octanol–water partition coefficient (Wildman–Crippen LogP) is 2.79. The molecule has 2 aromatic heterocycles. The van der Waals surface area contributed by atoms with Crippen LogP contribution in [0.5, 0.6) is 23.1 Å². The summed E-state index contributed by atoms with van der Waals surface area (Å²) in [5.74, 6) is -1.72. The van der Waals surface area contributed by atoms with Gasteiger partial charge in [-0.05, 0) is 5.41 Å². The fraction of sp³-hybridized carbons (Fsp3) is 0.500. The largest absolute Gasteiger partial charge is 0.506 e. The molecule has 32 heavy (non-hydrogen) atoms. The monoisotopic (exact) mass is 448 g/mol. The van der Waals surface area contributed by atoms with Gasteiger partial charge in [0.25, 0.3) is 11.4 Å². The Bertz CT molecular complexity index is 1070. The molecule has 0 aromatic carbocycles. The number of rotatable bonds is 7. The molecule has 10 nitrogen and oxygen atoms in total. The molecule has 0 spiro atoms. The number of methoxy groups -OCH3 is 2. The van der Waals surface area contributed by atoms with Crippen LogP contribution in [-0.4, -0.2) is 60.2 Å². The molecule has 3 heterocycles. The molecule has 3 N–H and O–H groups in total. The van der Waals surface area contributed by atoms with E-state index in [4.69, 9.17) is 18.9 Å². The normalized spacial score (nSPS) is 15.2. The van der Waals surface area contributed by atoms with Crippen molar-refractivity contribution in [2.45, 2.75) is 33.1 Å². The van der Waals surface area contributed by atoms with Gasteiger partial charge in [-0.1, -0.05) is 20.8 Å². The lowest BCUT2D eigenvalue weighted by molar-refractivity contribution is 0.0691. The smallest absolute Gasteiger partial charge is 0.345 e. The number of aromatic nitrogens is 2. The minimum absolute atomic E-state index is 0.124. The zero-order chi connectivity index (χ0) is 23.6. The number of carbonyl (C=O) groups is 1. The third kappa shape index (κ3) is 4.36. The third-order valence-corrected chi connectivity index (χ3v) is 5.34. The molecule has 1 aliphatic heterocycles. The summed E-state index contributed by atoms with van der Waals surface area (Å²) in [4.78, 5) is 31.2. The standard InChI is InChI=1S/C22H28N2O8/c1-22(2,3)11-10-32-12-9-13(31-8-6-7-29-4)20(30-5)24-16(12)17-14(11)18(25)15(21(27)28)19(26)23-17/h9,11H,6-8,10H2,1-5H3,(H,27,28)(H2,23,25,26). The van der Waals surface area contributed by atoms with E-state index < -0.39 is 34.2 Å². The summed E-state index contributed by atoms with van der Waals surface area (Å²) in [6.45, 7) is 6.83. The number of aromatic hydroxyl groups is 1. The quantitative estimate of drug-likeness (QED) is 0.545. The van der Waals surface area contributed by atoms with Crippen LogP contribution in [-0.2, 0) is 4.74 Å². The number of pyridine rings is 2. The maximum atomic E-state index is 12.5. The molecule has 0 fully saturated rings. The Balaban J connectivity index is 2.22. The van der Waals surface area contributed by atoms with Crippen molar-refractivity contribution in [1.29, 1.82) is 0 Å². The van der Waals surface area contributed by atoms with Crippen molar-refractivity contribution in [1.82, 2.24) is 9.97 Å². The van der Waals surface area contributed by atoms with Gasteiger partial charge >= 0.3 is 5.97 Å². The summed E-state index contributed by atoms with van der Waals surface area (Å²) in [5.41, 5.74) is -1.42. The molecular weight excluding hydrogens is 420 g/mol. The van der Waals surface area contributed by atoms with Crippen molar-refractivity contribution >= 4 is 5.97 Å². The summed E-state index contributed by atoms with van der Waals surface area (Å²) in [6.07, 6.45) is 0.658. The Morgan fingerprint density at radius 3 is 2.62 bits per heavy atom. The Morgan fingerprint density at radius 2 is 2.03 bits per heavy atom. The summed E-state index contributed by atoms with van der Waals surface area (Å²) >= 11 is 0. The first-order valence-corrected chi connectivity index (χ1v) is 10.2. The van der Waals surface area contributed by atoms with Crippen LogP contribution in [0, 0.1) is 5.41 Å². The van der Waals surface area contributed by atoms with Gasteiger partial charge in [0.2, 0.25) is 0 Å². The van der Waals surface area contributed by atoms with Crippen LogP contribution >= 0.6 is 0 Å². The minimum Gasteiger partial charge on any atom is -0.506 e. The second-order valence-corrected chi connectivity index (χ2v) is 8.54. The molecule has 0 radical (unpaired) electrons. The summed E-state index contributed by atoms with van der Waals surface area (Å²) < 4.78 is 22.2. The lowest BCUT2D eigenvalue weighted by Gasteiger charge is -2.31. The first-order chi connectivity index (χ1) is 15.1. The van der Waals surface area contributed by atoms with E-state index in [2.05, 4.69) is 9.97 Å². The molecule has 0 saturated carbocycles. The Morgan fingerprint density at radius 1 is 1.31 bits per heavy atom. The first kappa shape index (κ1) is 23.4. The maximum absolute atomic E-state index is 12.5. The fourth-order valence-corrected chi connectivity index (χ4v) is 3.65. The highest BCUT2D eigenvalue weighted by Crippen LogP contribution is 2.49. The van der Waals surface area contributed by atoms with Gasteiger partial charge in [0, 0.05) is 37.7 Å². The predicted molar refractivity (Wildman–Crippen MR) is 115 cm³/mol. The molecule has 1 atom stereocenters. The van der Waals surface area contributed by atoms with Crippen LogP contribution in [0.3, 0.4) is 0 Å². The van der Waals surface area contributed by atoms with Gasteiger partial charge in [0.05, 0.1) is 26.0 Å². The molecule has 3 rings (SSSR count). The van der Waals surface area contributed by atoms with Gasteiger partial charge in [0.15, 0.2) is 17.1 Å². The Kier molecular flexibility index (Phi) is 6.63. The van der Waals surface area contributed by atoms with Gasteiger partial charge in [-0.2, -0.15) is 0 Å². The van der Waals surface area contributed by atoms with Gasteiger partial charge in [-0.3, -0.25) is 4.79 Å². The van der Waals surface area contributed by atoms with Gasteiger partial charge in [-0.15, -0.1) is 0 Å². The molecular formula is C22H28N2O8. The number of hydrogen-bond acceptors (Lipinski definition) is 8. The zero-order valence-electron chi connectivity index (χ0n) is 18.8. The third-order valence-electron chi connectivity index (χ3n) is 5.34. The number of ether oxygens (including phenoxy) is 4. The van der Waals surface area contributed by atoms with Crippen molar-refractivity contribution in [2.24, 2.45) is 5.41 Å². The van der Waals surface area contributed by atoms with Crippen LogP contribution in [0.15, 0.2) is 10.9 Å². The van der Waals surface area contributed by atoms with E-state index in [0.717, 1.165) is 0 Å². The van der Waals surface area contributed by atoms with E-state index in [1.165, 1.54) is 7.11 Å². The van der Waals surface area contributed by atoms with E-state index >= 15 is 0 Å². The number of aromatic amines is 1. The van der Waals surface area contributed by atoms with Gasteiger partial charge in [-0.25, -0.2) is 9.78 Å². The molecule has 0 bridgehead atoms. The topological polar surface area (TPSA) is 140 Å². The molecule has 10 heteroatoms. The molecule has 2 aromatic rings. The van der Waals surface area contributed by atoms with Crippen molar-refractivity contribution in [3.8, 4) is 34.5 Å². The first-order valence-electron chi connectivity index (χ1n) is 10.2. The van der Waals surface area contributed by atoms with Crippen LogP contribution in [0.4, 0.5) is 0 Å². The number of nitrogens with one attached hydrogen (secondary N) is 1. The summed E-state index contributed by atoms with van der Waals surface area (Å²) in [7, 11) is 3.04. The maximum Gasteiger partial charge on any atom is 0.345 e. The van der Waals surface area contributed by atoms with E-state index in [1.54, 1.807) is 13.2 Å². The fourth-order valence-electron chi connectivity index (χ4n) is 3.65.